The largest absolute Gasteiger partial charge is 0.348 e. The van der Waals surface area contributed by atoms with Crippen LogP contribution < -0.4 is 11.1 Å². The first-order valence-electron chi connectivity index (χ1n) is 5.68. The van der Waals surface area contributed by atoms with Gasteiger partial charge in [0, 0.05) is 0 Å². The average molecular weight is 218 g/mol. The van der Waals surface area contributed by atoms with Gasteiger partial charge >= 0.3 is 0 Å². The van der Waals surface area contributed by atoms with Crippen LogP contribution in [0.5, 0.6) is 0 Å². The Hall–Kier alpha value is -1.35. The zero-order valence-corrected chi connectivity index (χ0v) is 9.79. The quantitative estimate of drug-likeness (QED) is 0.810. The van der Waals surface area contributed by atoms with Crippen LogP contribution >= 0.6 is 0 Å². The number of hydrogen-bond donors (Lipinski definition) is 2. The lowest BCUT2D eigenvalue weighted by Gasteiger charge is -2.17. The summed E-state index contributed by atoms with van der Waals surface area (Å²) >= 11 is 0. The second kappa shape index (κ2) is 3.91. The molecule has 3 nitrogen and oxygen atoms in total. The number of nitrogens with one attached hydrogen (secondary N) is 1. The Bertz CT molecular complexity index is 393. The minimum atomic E-state index is -0.584. The van der Waals surface area contributed by atoms with Crippen LogP contribution in [0.4, 0.5) is 0 Å². The summed E-state index contributed by atoms with van der Waals surface area (Å²) in [6.07, 6.45) is 1.61. The molecule has 1 aliphatic rings. The topological polar surface area (TPSA) is 55.1 Å². The van der Waals surface area contributed by atoms with Crippen molar-refractivity contribution in [3.63, 3.8) is 0 Å². The third kappa shape index (κ3) is 2.25. The Kier molecular flexibility index (Phi) is 2.72. The van der Waals surface area contributed by atoms with Gasteiger partial charge in [-0.2, -0.15) is 0 Å². The molecular weight excluding hydrogens is 200 g/mol. The molecule has 1 atom stereocenters. The lowest BCUT2D eigenvalue weighted by Crippen LogP contribution is -2.43. The molecule has 1 aromatic rings. The van der Waals surface area contributed by atoms with E-state index in [9.17, 15) is 4.79 Å². The zero-order chi connectivity index (χ0) is 11.8. The highest BCUT2D eigenvalue weighted by molar-refractivity contribution is 5.89. The second-order valence-corrected chi connectivity index (χ2v) is 4.76. The highest BCUT2D eigenvalue weighted by atomic mass is 16.2. The molecular formula is C13H18N2O. The van der Waals surface area contributed by atoms with Gasteiger partial charge in [-0.3, -0.25) is 4.79 Å². The van der Waals surface area contributed by atoms with Crippen LogP contribution in [0.25, 0.3) is 0 Å². The minimum Gasteiger partial charge on any atom is -0.348 e. The van der Waals surface area contributed by atoms with E-state index < -0.39 is 5.54 Å². The predicted octanol–water partition coefficient (Wildman–Crippen LogP) is 1.66. The number of aryl methyl sites for hydroxylation is 1. The van der Waals surface area contributed by atoms with Crippen LogP contribution in [0.1, 0.15) is 36.9 Å². The van der Waals surface area contributed by atoms with Crippen LogP contribution in [-0.4, -0.2) is 11.4 Å². The predicted molar refractivity (Wildman–Crippen MR) is 63.9 cm³/mol. The van der Waals surface area contributed by atoms with Gasteiger partial charge in [-0.15, -0.1) is 0 Å². The number of hydrogen-bond acceptors (Lipinski definition) is 2. The molecule has 86 valence electrons. The zero-order valence-electron chi connectivity index (χ0n) is 9.79. The van der Waals surface area contributed by atoms with Crippen LogP contribution in [0.2, 0.25) is 0 Å². The first-order chi connectivity index (χ1) is 7.51. The summed E-state index contributed by atoms with van der Waals surface area (Å²) in [5, 5.41) is 2.95. The lowest BCUT2D eigenvalue weighted by molar-refractivity contribution is -0.123. The molecule has 0 saturated heterocycles. The maximum absolute atomic E-state index is 11.7. The Morgan fingerprint density at radius 1 is 1.38 bits per heavy atom. The summed E-state index contributed by atoms with van der Waals surface area (Å²) in [5.41, 5.74) is 7.58. The van der Waals surface area contributed by atoms with Gasteiger partial charge < -0.3 is 11.1 Å². The maximum atomic E-state index is 11.7. The summed E-state index contributed by atoms with van der Waals surface area (Å²) in [6, 6.07) is 8.20. The highest BCUT2D eigenvalue weighted by Crippen LogP contribution is 2.32. The van der Waals surface area contributed by atoms with Gasteiger partial charge in [0.05, 0.1) is 11.6 Å². The molecule has 1 saturated carbocycles. The van der Waals surface area contributed by atoms with Gasteiger partial charge in [-0.05, 0) is 32.3 Å². The highest BCUT2D eigenvalue weighted by Gasteiger charge is 2.46. The fourth-order valence-electron chi connectivity index (χ4n) is 1.64. The number of carbonyl (C=O) groups excluding carboxylic acids is 1. The molecule has 1 fully saturated rings. The lowest BCUT2D eigenvalue weighted by atomic mass is 10.1. The molecule has 0 aromatic heterocycles. The number of benzene rings is 1. The van der Waals surface area contributed by atoms with Crippen molar-refractivity contribution in [1.82, 2.24) is 5.32 Å². The van der Waals surface area contributed by atoms with E-state index in [0.717, 1.165) is 18.4 Å². The summed E-state index contributed by atoms with van der Waals surface area (Å²) in [6.45, 7) is 4.03. The van der Waals surface area contributed by atoms with Crippen molar-refractivity contribution >= 4 is 5.91 Å². The number of rotatable bonds is 3. The minimum absolute atomic E-state index is 0.0223. The van der Waals surface area contributed by atoms with Gasteiger partial charge in [-0.25, -0.2) is 0 Å². The van der Waals surface area contributed by atoms with Gasteiger partial charge in [0.15, 0.2) is 0 Å². The normalized spacial score (nSPS) is 18.9. The van der Waals surface area contributed by atoms with Gasteiger partial charge in [0.1, 0.15) is 0 Å². The monoisotopic (exact) mass is 218 g/mol. The first-order valence-corrected chi connectivity index (χ1v) is 5.68. The van der Waals surface area contributed by atoms with Crippen molar-refractivity contribution in [2.24, 2.45) is 5.73 Å². The molecule has 3 N–H and O–H groups in total. The number of carbonyl (C=O) groups is 1. The van der Waals surface area contributed by atoms with Gasteiger partial charge in [0.2, 0.25) is 5.91 Å². The molecule has 1 unspecified atom stereocenters. The van der Waals surface area contributed by atoms with Crippen molar-refractivity contribution in [3.8, 4) is 0 Å². The average Bonchev–Trinajstić information content (AvgIpc) is 2.99. The molecule has 2 rings (SSSR count). The summed E-state index contributed by atoms with van der Waals surface area (Å²) < 4.78 is 0. The molecule has 1 aliphatic carbocycles. The summed E-state index contributed by atoms with van der Waals surface area (Å²) in [7, 11) is 0. The van der Waals surface area contributed by atoms with Crippen LogP contribution in [0.15, 0.2) is 24.3 Å². The van der Waals surface area contributed by atoms with Gasteiger partial charge in [-0.1, -0.05) is 29.8 Å². The van der Waals surface area contributed by atoms with Crippen molar-refractivity contribution < 1.29 is 4.79 Å². The molecule has 0 heterocycles. The van der Waals surface area contributed by atoms with Gasteiger partial charge in [0.25, 0.3) is 0 Å². The second-order valence-electron chi connectivity index (χ2n) is 4.76. The summed E-state index contributed by atoms with van der Waals surface area (Å²) in [4.78, 5) is 11.7. The molecule has 3 heteroatoms. The number of nitrogens with two attached hydrogens (primary N) is 1. The van der Waals surface area contributed by atoms with E-state index in [1.165, 1.54) is 5.56 Å². The fraction of sp³-hybridized carbons (Fsp3) is 0.462. The number of amides is 1. The maximum Gasteiger partial charge on any atom is 0.240 e. The van der Waals surface area contributed by atoms with Crippen LogP contribution in [0, 0.1) is 6.92 Å². The van der Waals surface area contributed by atoms with E-state index in [1.54, 1.807) is 0 Å². The van der Waals surface area contributed by atoms with E-state index in [4.69, 9.17) is 5.73 Å². The summed E-state index contributed by atoms with van der Waals surface area (Å²) in [5.74, 6) is -0.0272. The van der Waals surface area contributed by atoms with E-state index in [0.29, 0.717) is 0 Å². The smallest absolute Gasteiger partial charge is 0.240 e. The fourth-order valence-corrected chi connectivity index (χ4v) is 1.64. The van der Waals surface area contributed by atoms with Crippen molar-refractivity contribution in [2.45, 2.75) is 38.3 Å². The van der Waals surface area contributed by atoms with Crippen LogP contribution in [-0.2, 0) is 4.79 Å². The molecule has 0 aliphatic heterocycles. The van der Waals surface area contributed by atoms with Crippen molar-refractivity contribution in [2.75, 3.05) is 0 Å². The molecule has 1 aromatic carbocycles. The van der Waals surface area contributed by atoms with E-state index in [2.05, 4.69) is 5.32 Å². The third-order valence-electron chi connectivity index (χ3n) is 3.17. The van der Waals surface area contributed by atoms with Crippen molar-refractivity contribution in [3.05, 3.63) is 35.4 Å². The molecule has 1 amide bonds. The molecule has 16 heavy (non-hydrogen) atoms. The Balaban J connectivity index is 2.00. The third-order valence-corrected chi connectivity index (χ3v) is 3.17. The van der Waals surface area contributed by atoms with E-state index in [-0.39, 0.29) is 11.9 Å². The van der Waals surface area contributed by atoms with E-state index >= 15 is 0 Å². The Labute approximate surface area is 96.0 Å². The van der Waals surface area contributed by atoms with E-state index in [1.807, 2.05) is 38.1 Å². The SMILES string of the molecule is Cc1ccc(C(C)NC(=O)C2(N)CC2)cc1. The standard InChI is InChI=1S/C13H18N2O/c1-9-3-5-11(6-4-9)10(2)15-12(16)13(14)7-8-13/h3-6,10H,7-8,14H2,1-2H3,(H,15,16). The molecule has 0 bridgehead atoms. The molecule has 0 spiro atoms. The van der Waals surface area contributed by atoms with Crippen molar-refractivity contribution in [1.29, 1.82) is 0 Å². The first kappa shape index (κ1) is 11.1. The van der Waals surface area contributed by atoms with Crippen LogP contribution in [0.3, 0.4) is 0 Å². The Morgan fingerprint density at radius 2 is 1.94 bits per heavy atom. The Morgan fingerprint density at radius 3 is 2.44 bits per heavy atom. The molecule has 0 radical (unpaired) electrons.